The van der Waals surface area contributed by atoms with Crippen LogP contribution in [-0.4, -0.2) is 16.7 Å². The minimum atomic E-state index is -0.827. The summed E-state index contributed by atoms with van der Waals surface area (Å²) in [6.07, 6.45) is 0. The average Bonchev–Trinajstić information content (AvgIpc) is 2.72. The first-order valence-electron chi connectivity index (χ1n) is 6.67. The molecule has 0 fully saturated rings. The Hall–Kier alpha value is -2.69. The molecule has 0 unspecified atom stereocenters. The van der Waals surface area contributed by atoms with Crippen LogP contribution in [0.4, 0.5) is 0 Å². The molecular weight excluding hydrogens is 268 g/mol. The highest BCUT2D eigenvalue weighted by molar-refractivity contribution is 6.24. The SMILES string of the molecule is CC(C)c1[nH]c(=O)c(C(N)=O)c2c1C(=O)c1ccccc1-2. The number of primary amides is 1. The summed E-state index contributed by atoms with van der Waals surface area (Å²) in [6, 6.07) is 6.94. The molecule has 3 rings (SSSR count). The van der Waals surface area contributed by atoms with Gasteiger partial charge in [0.25, 0.3) is 11.5 Å². The van der Waals surface area contributed by atoms with Gasteiger partial charge in [-0.3, -0.25) is 14.4 Å². The standard InChI is InChI=1S/C16H14N2O3/c1-7(2)13-11-10(12(15(17)20)16(21)18-13)8-5-3-4-6-9(8)14(11)19/h3-7H,1-2H3,(H2,17,20)(H,18,21). The Morgan fingerprint density at radius 1 is 1.10 bits per heavy atom. The lowest BCUT2D eigenvalue weighted by Gasteiger charge is -2.13. The van der Waals surface area contributed by atoms with Gasteiger partial charge in [0.05, 0.1) is 5.56 Å². The fourth-order valence-electron chi connectivity index (χ4n) is 2.83. The molecular formula is C16H14N2O3. The first-order chi connectivity index (χ1) is 9.93. The largest absolute Gasteiger partial charge is 0.365 e. The van der Waals surface area contributed by atoms with Crippen LogP contribution >= 0.6 is 0 Å². The molecule has 0 spiro atoms. The number of hydrogen-bond donors (Lipinski definition) is 2. The normalized spacial score (nSPS) is 12.4. The number of rotatable bonds is 2. The molecule has 1 aromatic carbocycles. The molecule has 5 nitrogen and oxygen atoms in total. The van der Waals surface area contributed by atoms with Crippen LogP contribution in [0.5, 0.6) is 0 Å². The van der Waals surface area contributed by atoms with Crippen LogP contribution in [0.2, 0.25) is 0 Å². The van der Waals surface area contributed by atoms with Crippen LogP contribution in [0.1, 0.15) is 51.7 Å². The number of aromatic nitrogens is 1. The van der Waals surface area contributed by atoms with E-state index >= 15 is 0 Å². The number of nitrogens with two attached hydrogens (primary N) is 1. The van der Waals surface area contributed by atoms with E-state index in [0.717, 1.165) is 0 Å². The number of carbonyl (C=O) groups excluding carboxylic acids is 2. The number of carbonyl (C=O) groups is 2. The summed E-state index contributed by atoms with van der Waals surface area (Å²) in [5.41, 5.74) is 7.05. The molecule has 0 atom stereocenters. The summed E-state index contributed by atoms with van der Waals surface area (Å²) >= 11 is 0. The van der Waals surface area contributed by atoms with Crippen molar-refractivity contribution in [1.82, 2.24) is 4.98 Å². The summed E-state index contributed by atoms with van der Waals surface area (Å²) in [6.45, 7) is 3.76. The zero-order chi connectivity index (χ0) is 15.3. The molecule has 1 aliphatic carbocycles. The van der Waals surface area contributed by atoms with Crippen LogP contribution < -0.4 is 11.3 Å². The number of aromatic amines is 1. The Kier molecular flexibility index (Phi) is 2.79. The zero-order valence-electron chi connectivity index (χ0n) is 11.7. The van der Waals surface area contributed by atoms with E-state index in [0.29, 0.717) is 27.9 Å². The monoisotopic (exact) mass is 282 g/mol. The van der Waals surface area contributed by atoms with Gasteiger partial charge in [-0.1, -0.05) is 38.1 Å². The Balaban J connectivity index is 2.52. The Morgan fingerprint density at radius 2 is 1.71 bits per heavy atom. The Bertz CT molecular complexity index is 847. The highest BCUT2D eigenvalue weighted by Crippen LogP contribution is 2.40. The molecule has 106 valence electrons. The quantitative estimate of drug-likeness (QED) is 0.750. The predicted molar refractivity (Wildman–Crippen MR) is 78.5 cm³/mol. The summed E-state index contributed by atoms with van der Waals surface area (Å²) < 4.78 is 0. The van der Waals surface area contributed by atoms with Gasteiger partial charge in [-0.25, -0.2) is 0 Å². The number of ketones is 1. The molecule has 0 saturated carbocycles. The van der Waals surface area contributed by atoms with Crippen molar-refractivity contribution >= 4 is 11.7 Å². The number of fused-ring (bicyclic) bond motifs is 3. The van der Waals surface area contributed by atoms with E-state index in [1.54, 1.807) is 24.3 Å². The number of nitrogens with one attached hydrogen (secondary N) is 1. The van der Waals surface area contributed by atoms with Crippen molar-refractivity contribution in [3.8, 4) is 11.1 Å². The van der Waals surface area contributed by atoms with Gasteiger partial charge in [-0.2, -0.15) is 0 Å². The molecule has 3 N–H and O–H groups in total. The summed E-state index contributed by atoms with van der Waals surface area (Å²) in [7, 11) is 0. The lowest BCUT2D eigenvalue weighted by atomic mass is 9.95. The van der Waals surface area contributed by atoms with Gasteiger partial charge in [0.2, 0.25) is 0 Å². The van der Waals surface area contributed by atoms with E-state index in [2.05, 4.69) is 4.98 Å². The van der Waals surface area contributed by atoms with Crippen molar-refractivity contribution in [2.24, 2.45) is 5.73 Å². The molecule has 0 aliphatic heterocycles. The maximum absolute atomic E-state index is 12.6. The van der Waals surface area contributed by atoms with Gasteiger partial charge in [0, 0.05) is 16.8 Å². The summed E-state index contributed by atoms with van der Waals surface area (Å²) in [5, 5.41) is 0. The lowest BCUT2D eigenvalue weighted by molar-refractivity contribution is 0.0999. The van der Waals surface area contributed by atoms with Gasteiger partial charge >= 0.3 is 0 Å². The predicted octanol–water partition coefficient (Wildman–Crippen LogP) is 1.81. The van der Waals surface area contributed by atoms with Gasteiger partial charge in [-0.15, -0.1) is 0 Å². The van der Waals surface area contributed by atoms with E-state index in [4.69, 9.17) is 5.73 Å². The van der Waals surface area contributed by atoms with E-state index in [1.165, 1.54) is 0 Å². The zero-order valence-corrected chi connectivity index (χ0v) is 11.7. The molecule has 2 aromatic rings. The third-order valence-corrected chi connectivity index (χ3v) is 3.74. The molecule has 1 aromatic heterocycles. The highest BCUT2D eigenvalue weighted by Gasteiger charge is 2.35. The number of benzene rings is 1. The van der Waals surface area contributed by atoms with Crippen molar-refractivity contribution in [1.29, 1.82) is 0 Å². The molecule has 5 heteroatoms. The highest BCUT2D eigenvalue weighted by atomic mass is 16.2. The molecule has 0 radical (unpaired) electrons. The minimum Gasteiger partial charge on any atom is -0.365 e. The van der Waals surface area contributed by atoms with Gasteiger partial charge in [0.1, 0.15) is 5.56 Å². The Morgan fingerprint density at radius 3 is 2.29 bits per heavy atom. The van der Waals surface area contributed by atoms with Crippen LogP contribution in [0.25, 0.3) is 11.1 Å². The lowest BCUT2D eigenvalue weighted by Crippen LogP contribution is -2.27. The first kappa shape index (κ1) is 13.3. The fourth-order valence-corrected chi connectivity index (χ4v) is 2.83. The molecule has 1 amide bonds. The Labute approximate surface area is 120 Å². The third-order valence-electron chi connectivity index (χ3n) is 3.74. The van der Waals surface area contributed by atoms with Gasteiger partial charge < -0.3 is 10.7 Å². The van der Waals surface area contributed by atoms with Crippen molar-refractivity contribution < 1.29 is 9.59 Å². The molecule has 21 heavy (non-hydrogen) atoms. The topological polar surface area (TPSA) is 93.0 Å². The number of pyridine rings is 1. The van der Waals surface area contributed by atoms with Crippen molar-refractivity contribution in [2.75, 3.05) is 0 Å². The van der Waals surface area contributed by atoms with Crippen LogP contribution in [0.15, 0.2) is 29.1 Å². The number of hydrogen-bond acceptors (Lipinski definition) is 3. The summed E-state index contributed by atoms with van der Waals surface area (Å²) in [5.74, 6) is -1.05. The number of amides is 1. The minimum absolute atomic E-state index is 0.0494. The van der Waals surface area contributed by atoms with Gasteiger partial charge in [0.15, 0.2) is 5.78 Å². The first-order valence-corrected chi connectivity index (χ1v) is 6.67. The summed E-state index contributed by atoms with van der Waals surface area (Å²) in [4.78, 5) is 39.1. The molecule has 1 aliphatic rings. The van der Waals surface area contributed by atoms with Crippen LogP contribution in [-0.2, 0) is 0 Å². The molecule has 0 saturated heterocycles. The van der Waals surface area contributed by atoms with E-state index < -0.39 is 11.5 Å². The second kappa shape index (κ2) is 4.41. The average molecular weight is 282 g/mol. The third kappa shape index (κ3) is 1.74. The molecule has 0 bridgehead atoms. The van der Waals surface area contributed by atoms with Crippen molar-refractivity contribution in [3.63, 3.8) is 0 Å². The van der Waals surface area contributed by atoms with Crippen LogP contribution in [0, 0.1) is 0 Å². The smallest absolute Gasteiger partial charge is 0.261 e. The van der Waals surface area contributed by atoms with Crippen molar-refractivity contribution in [2.45, 2.75) is 19.8 Å². The maximum atomic E-state index is 12.6. The van der Waals surface area contributed by atoms with Crippen LogP contribution in [0.3, 0.4) is 0 Å². The van der Waals surface area contributed by atoms with E-state index in [1.807, 2.05) is 13.8 Å². The maximum Gasteiger partial charge on any atom is 0.261 e. The second-order valence-corrected chi connectivity index (χ2v) is 5.39. The number of H-pyrrole nitrogens is 1. The van der Waals surface area contributed by atoms with Gasteiger partial charge in [-0.05, 0) is 11.5 Å². The fraction of sp³-hybridized carbons (Fsp3) is 0.188. The van der Waals surface area contributed by atoms with E-state index in [-0.39, 0.29) is 17.3 Å². The molecule has 1 heterocycles. The second-order valence-electron chi connectivity index (χ2n) is 5.39. The van der Waals surface area contributed by atoms with E-state index in [9.17, 15) is 14.4 Å². The van der Waals surface area contributed by atoms with Crippen molar-refractivity contribution in [3.05, 3.63) is 57.0 Å².